The van der Waals surface area contributed by atoms with Crippen molar-refractivity contribution in [1.29, 1.82) is 0 Å². The van der Waals surface area contributed by atoms with E-state index in [0.717, 1.165) is 0 Å². The molecule has 2 atom stereocenters. The Bertz CT molecular complexity index is 838. The van der Waals surface area contributed by atoms with E-state index in [2.05, 4.69) is 15.2 Å². The van der Waals surface area contributed by atoms with Crippen LogP contribution in [0.25, 0.3) is 0 Å². The van der Waals surface area contributed by atoms with E-state index < -0.39 is 15.4 Å². The van der Waals surface area contributed by atoms with Crippen LogP contribution >= 0.6 is 0 Å². The maximum atomic E-state index is 12.9. The van der Waals surface area contributed by atoms with Crippen LogP contribution in [0.4, 0.5) is 0 Å². The molecule has 2 aromatic rings. The summed E-state index contributed by atoms with van der Waals surface area (Å²) in [7, 11) is -3.61. The Kier molecular flexibility index (Phi) is 3.66. The van der Waals surface area contributed by atoms with Crippen LogP contribution in [-0.2, 0) is 20.2 Å². The maximum absolute atomic E-state index is 12.9. The Morgan fingerprint density at radius 3 is 2.96 bits per heavy atom. The van der Waals surface area contributed by atoms with E-state index in [1.165, 1.54) is 10.5 Å². The van der Waals surface area contributed by atoms with Crippen molar-refractivity contribution < 1.29 is 17.6 Å². The number of ether oxygens (including phenoxy) is 1. The third-order valence-corrected chi connectivity index (χ3v) is 6.64. The lowest BCUT2D eigenvalue weighted by Crippen LogP contribution is -2.54. The number of piperidine rings is 1. The van der Waals surface area contributed by atoms with Crippen molar-refractivity contribution >= 4 is 10.0 Å². The normalized spacial score (nSPS) is 28.0. The minimum atomic E-state index is -3.61. The van der Waals surface area contributed by atoms with Crippen LogP contribution in [0, 0.1) is 6.92 Å². The van der Waals surface area contributed by atoms with E-state index in [0.29, 0.717) is 37.8 Å². The van der Waals surface area contributed by atoms with E-state index >= 15 is 0 Å². The second kappa shape index (κ2) is 5.61. The highest BCUT2D eigenvalue weighted by atomic mass is 32.2. The van der Waals surface area contributed by atoms with Gasteiger partial charge in [0.05, 0.1) is 11.5 Å². The molecule has 2 aliphatic heterocycles. The molecule has 4 rings (SSSR count). The van der Waals surface area contributed by atoms with Gasteiger partial charge in [0.15, 0.2) is 0 Å². The van der Waals surface area contributed by atoms with Crippen molar-refractivity contribution in [2.75, 3.05) is 19.7 Å². The first-order valence-electron chi connectivity index (χ1n) is 7.85. The van der Waals surface area contributed by atoms with E-state index in [9.17, 15) is 8.42 Å². The largest absolute Gasteiger partial charge is 0.425 e. The molecule has 0 N–H and O–H groups in total. The number of hydrogen-bond acceptors (Lipinski definition) is 7. The molecule has 0 amide bonds. The minimum Gasteiger partial charge on any atom is -0.425 e. The van der Waals surface area contributed by atoms with Crippen molar-refractivity contribution in [1.82, 2.24) is 19.5 Å². The van der Waals surface area contributed by atoms with Gasteiger partial charge in [0, 0.05) is 39.0 Å². The van der Waals surface area contributed by atoms with Gasteiger partial charge in [-0.25, -0.2) is 8.42 Å². The van der Waals surface area contributed by atoms with Gasteiger partial charge in [0.2, 0.25) is 21.8 Å². The summed E-state index contributed by atoms with van der Waals surface area (Å²) in [6.45, 7) is 2.96. The van der Waals surface area contributed by atoms with Crippen molar-refractivity contribution in [3.8, 4) is 0 Å². The summed E-state index contributed by atoms with van der Waals surface area (Å²) in [4.78, 5) is 4.11. The Morgan fingerprint density at radius 1 is 1.38 bits per heavy atom. The molecule has 0 aromatic carbocycles. The van der Waals surface area contributed by atoms with Gasteiger partial charge >= 0.3 is 0 Å². The molecule has 0 bridgehead atoms. The van der Waals surface area contributed by atoms with Gasteiger partial charge in [-0.2, -0.15) is 4.31 Å². The van der Waals surface area contributed by atoms with Crippen LogP contribution in [-0.4, -0.2) is 53.7 Å². The van der Waals surface area contributed by atoms with Crippen LogP contribution in [0.2, 0.25) is 0 Å². The summed E-state index contributed by atoms with van der Waals surface area (Å²) in [6.07, 6.45) is 4.09. The summed E-state index contributed by atoms with van der Waals surface area (Å²) < 4.78 is 38.8. The fourth-order valence-electron chi connectivity index (χ4n) is 3.56. The van der Waals surface area contributed by atoms with Crippen LogP contribution in [0.15, 0.2) is 33.8 Å². The highest BCUT2D eigenvalue weighted by Gasteiger charge is 2.54. The SMILES string of the molecule is Cc1nnc([C@]23CCO[C@H]2CCN(S(=O)(=O)c2cccnc2)C3)o1. The summed E-state index contributed by atoms with van der Waals surface area (Å²) in [5.74, 6) is 0.936. The first-order chi connectivity index (χ1) is 11.5. The van der Waals surface area contributed by atoms with Crippen molar-refractivity contribution in [2.45, 2.75) is 36.2 Å². The maximum Gasteiger partial charge on any atom is 0.244 e. The number of nitrogens with zero attached hydrogens (tertiary/aromatic N) is 4. The summed E-state index contributed by atoms with van der Waals surface area (Å²) in [6, 6.07) is 3.18. The number of rotatable bonds is 3. The molecule has 128 valence electrons. The van der Waals surface area contributed by atoms with Gasteiger partial charge in [0.25, 0.3) is 0 Å². The lowest BCUT2D eigenvalue weighted by atomic mass is 9.77. The summed E-state index contributed by atoms with van der Waals surface area (Å²) >= 11 is 0. The predicted octanol–water partition coefficient (Wildman–Crippen LogP) is 0.894. The van der Waals surface area contributed by atoms with Gasteiger partial charge in [-0.15, -0.1) is 10.2 Å². The highest BCUT2D eigenvalue weighted by Crippen LogP contribution is 2.44. The van der Waals surface area contributed by atoms with E-state index in [1.54, 1.807) is 25.3 Å². The Morgan fingerprint density at radius 2 is 2.25 bits per heavy atom. The van der Waals surface area contributed by atoms with Crippen LogP contribution < -0.4 is 0 Å². The summed E-state index contributed by atoms with van der Waals surface area (Å²) in [5, 5.41) is 8.07. The summed E-state index contributed by atoms with van der Waals surface area (Å²) in [5.41, 5.74) is -0.575. The average molecular weight is 350 g/mol. The zero-order valence-electron chi connectivity index (χ0n) is 13.3. The fourth-order valence-corrected chi connectivity index (χ4v) is 5.05. The smallest absolute Gasteiger partial charge is 0.244 e. The topological polar surface area (TPSA) is 98.4 Å². The molecule has 4 heterocycles. The van der Waals surface area contributed by atoms with Crippen LogP contribution in [0.5, 0.6) is 0 Å². The lowest BCUT2D eigenvalue weighted by molar-refractivity contribution is 0.0295. The number of aromatic nitrogens is 3. The third-order valence-electron chi connectivity index (χ3n) is 4.81. The molecular formula is C15H18N4O4S. The molecule has 0 unspecified atom stereocenters. The Labute approximate surface area is 139 Å². The first-order valence-corrected chi connectivity index (χ1v) is 9.29. The van der Waals surface area contributed by atoms with E-state index in [1.807, 2.05) is 0 Å². The minimum absolute atomic E-state index is 0.0994. The van der Waals surface area contributed by atoms with Crippen molar-refractivity contribution in [3.05, 3.63) is 36.3 Å². The Hall–Kier alpha value is -1.84. The zero-order valence-corrected chi connectivity index (χ0v) is 14.1. The van der Waals surface area contributed by atoms with Crippen LogP contribution in [0.3, 0.4) is 0 Å². The average Bonchev–Trinajstić information content (AvgIpc) is 3.21. The van der Waals surface area contributed by atoms with E-state index in [-0.39, 0.29) is 17.5 Å². The van der Waals surface area contributed by atoms with Crippen molar-refractivity contribution in [2.24, 2.45) is 0 Å². The molecule has 9 heteroatoms. The molecule has 2 aliphatic rings. The predicted molar refractivity (Wildman–Crippen MR) is 82.7 cm³/mol. The monoisotopic (exact) mass is 350 g/mol. The van der Waals surface area contributed by atoms with Gasteiger partial charge in [-0.3, -0.25) is 4.98 Å². The van der Waals surface area contributed by atoms with Gasteiger partial charge in [-0.05, 0) is 25.0 Å². The van der Waals surface area contributed by atoms with Gasteiger partial charge in [-0.1, -0.05) is 0 Å². The molecule has 0 spiro atoms. The number of pyridine rings is 1. The molecule has 2 saturated heterocycles. The molecule has 2 aromatic heterocycles. The fraction of sp³-hybridized carbons (Fsp3) is 0.533. The molecule has 0 aliphatic carbocycles. The zero-order chi connectivity index (χ0) is 16.8. The van der Waals surface area contributed by atoms with Crippen LogP contribution in [0.1, 0.15) is 24.6 Å². The number of aryl methyl sites for hydroxylation is 1. The first kappa shape index (κ1) is 15.7. The molecule has 0 radical (unpaired) electrons. The standard InChI is InChI=1S/C15H18N4O4S/c1-11-17-18-14(23-11)15-5-8-22-13(15)4-7-19(10-15)24(20,21)12-3-2-6-16-9-12/h2-3,6,9,13H,4-5,7-8,10H2,1H3/t13-,15-/m0/s1. The second-order valence-corrected chi connectivity index (χ2v) is 8.15. The van der Waals surface area contributed by atoms with Crippen molar-refractivity contribution in [3.63, 3.8) is 0 Å². The van der Waals surface area contributed by atoms with E-state index in [4.69, 9.17) is 9.15 Å². The quantitative estimate of drug-likeness (QED) is 0.811. The second-order valence-electron chi connectivity index (χ2n) is 6.21. The third kappa shape index (κ3) is 2.35. The molecule has 0 saturated carbocycles. The number of hydrogen-bond donors (Lipinski definition) is 0. The number of sulfonamides is 1. The lowest BCUT2D eigenvalue weighted by Gasteiger charge is -2.40. The Balaban J connectivity index is 1.71. The highest BCUT2D eigenvalue weighted by molar-refractivity contribution is 7.89. The molecule has 2 fully saturated rings. The molecular weight excluding hydrogens is 332 g/mol. The number of fused-ring (bicyclic) bond motifs is 1. The van der Waals surface area contributed by atoms with Gasteiger partial charge < -0.3 is 9.15 Å². The van der Waals surface area contributed by atoms with Gasteiger partial charge in [0.1, 0.15) is 4.90 Å². The molecule has 8 nitrogen and oxygen atoms in total. The molecule has 24 heavy (non-hydrogen) atoms.